The Hall–Kier alpha value is -1.12. The normalized spacial score (nSPS) is 13.3. The molecule has 0 unspecified atom stereocenters. The first-order chi connectivity index (χ1) is 11.7. The van der Waals surface area contributed by atoms with Gasteiger partial charge in [-0.25, -0.2) is 0 Å². The van der Waals surface area contributed by atoms with Crippen molar-refractivity contribution in [3.8, 4) is 11.3 Å². The summed E-state index contributed by atoms with van der Waals surface area (Å²) in [7, 11) is -0.111. The van der Waals surface area contributed by atoms with Crippen molar-refractivity contribution < 1.29 is 17.6 Å². The largest absolute Gasteiger partial charge is 0.416 e. The fourth-order valence-electron chi connectivity index (χ4n) is 2.16. The van der Waals surface area contributed by atoms with Crippen molar-refractivity contribution in [1.29, 1.82) is 0 Å². The third kappa shape index (κ3) is 4.40. The molecule has 0 aliphatic rings. The summed E-state index contributed by atoms with van der Waals surface area (Å²) in [6.07, 6.45) is -4.35. The van der Waals surface area contributed by atoms with Crippen molar-refractivity contribution in [2.75, 3.05) is 0 Å². The zero-order valence-electron chi connectivity index (χ0n) is 15.8. The number of rotatable bonds is 4. The van der Waals surface area contributed by atoms with Crippen LogP contribution in [0, 0.1) is 0 Å². The lowest BCUT2D eigenvalue weighted by Crippen LogP contribution is -2.40. The zero-order valence-corrected chi connectivity index (χ0v) is 18.4. The summed E-state index contributed by atoms with van der Waals surface area (Å²) >= 11 is 3.54. The van der Waals surface area contributed by atoms with Crippen LogP contribution in [0.5, 0.6) is 0 Å². The summed E-state index contributed by atoms with van der Waals surface area (Å²) in [6, 6.07) is 5.02. The molecule has 0 N–H and O–H groups in total. The molecule has 26 heavy (non-hydrogen) atoms. The maximum atomic E-state index is 12.7. The maximum absolute atomic E-state index is 12.7. The molecule has 0 aliphatic carbocycles. The number of halogens is 4. The molecule has 0 saturated heterocycles. The topological polar surface area (TPSA) is 27.1 Å². The number of hydrogen-bond acceptors (Lipinski definition) is 2. The van der Waals surface area contributed by atoms with Gasteiger partial charge < -0.3 is 4.43 Å². The molecule has 0 spiro atoms. The predicted octanol–water partition coefficient (Wildman–Crippen LogP) is 6.39. The lowest BCUT2D eigenvalue weighted by molar-refractivity contribution is -0.137. The lowest BCUT2D eigenvalue weighted by Gasteiger charge is -2.36. The Morgan fingerprint density at radius 1 is 1.12 bits per heavy atom. The molecule has 0 bridgehead atoms. The number of nitrogens with zero attached hydrogens (tertiary/aromatic N) is 2. The average molecular weight is 449 g/mol. The van der Waals surface area contributed by atoms with Gasteiger partial charge in [-0.1, -0.05) is 32.9 Å². The summed E-state index contributed by atoms with van der Waals surface area (Å²) in [5.41, 5.74) is 1.42. The van der Waals surface area contributed by atoms with Gasteiger partial charge in [0.1, 0.15) is 5.69 Å². The molecule has 0 aliphatic heterocycles. The predicted molar refractivity (Wildman–Crippen MR) is 103 cm³/mol. The molecule has 0 saturated carbocycles. The standard InChI is InChI=1S/C18H24BrF3N2OSi/c1-17(2,3)26(5,6)25-11-14-15(19)16(23-24(14)4)12-7-9-13(10-8-12)18(20,21)22/h7-10H,11H2,1-6H3. The second kappa shape index (κ2) is 7.13. The summed E-state index contributed by atoms with van der Waals surface area (Å²) in [6.45, 7) is 11.3. The minimum Gasteiger partial charge on any atom is -0.411 e. The summed E-state index contributed by atoms with van der Waals surface area (Å²) in [5, 5.41) is 4.55. The third-order valence-corrected chi connectivity index (χ3v) is 10.3. The molecule has 0 radical (unpaired) electrons. The van der Waals surface area contributed by atoms with Gasteiger partial charge in [0.2, 0.25) is 0 Å². The van der Waals surface area contributed by atoms with E-state index in [0.29, 0.717) is 17.9 Å². The molecular formula is C18H24BrF3N2OSi. The van der Waals surface area contributed by atoms with E-state index >= 15 is 0 Å². The molecular weight excluding hydrogens is 425 g/mol. The Labute approximate surface area is 161 Å². The van der Waals surface area contributed by atoms with Gasteiger partial charge in [-0.2, -0.15) is 18.3 Å². The molecule has 2 rings (SSSR count). The number of benzene rings is 1. The van der Waals surface area contributed by atoms with E-state index in [2.05, 4.69) is 54.9 Å². The summed E-state index contributed by atoms with van der Waals surface area (Å²) in [5.74, 6) is 0. The highest BCUT2D eigenvalue weighted by molar-refractivity contribution is 9.10. The van der Waals surface area contributed by atoms with Crippen LogP contribution in [0.3, 0.4) is 0 Å². The smallest absolute Gasteiger partial charge is 0.411 e. The van der Waals surface area contributed by atoms with E-state index in [1.54, 1.807) is 4.68 Å². The van der Waals surface area contributed by atoms with E-state index in [1.807, 2.05) is 7.05 Å². The van der Waals surface area contributed by atoms with E-state index < -0.39 is 20.1 Å². The first kappa shape index (κ1) is 21.2. The van der Waals surface area contributed by atoms with Gasteiger partial charge in [-0.3, -0.25) is 4.68 Å². The van der Waals surface area contributed by atoms with E-state index in [1.165, 1.54) is 12.1 Å². The van der Waals surface area contributed by atoms with Crippen molar-refractivity contribution in [3.05, 3.63) is 40.0 Å². The molecule has 8 heteroatoms. The van der Waals surface area contributed by atoms with Crippen LogP contribution >= 0.6 is 15.9 Å². The van der Waals surface area contributed by atoms with Crippen LogP contribution in [0.15, 0.2) is 28.7 Å². The monoisotopic (exact) mass is 448 g/mol. The van der Waals surface area contributed by atoms with Gasteiger partial charge in [0.15, 0.2) is 8.32 Å². The van der Waals surface area contributed by atoms with Crippen molar-refractivity contribution in [1.82, 2.24) is 9.78 Å². The van der Waals surface area contributed by atoms with Gasteiger partial charge in [0.05, 0.1) is 22.3 Å². The Morgan fingerprint density at radius 2 is 1.65 bits per heavy atom. The van der Waals surface area contributed by atoms with Crippen LogP contribution in [0.4, 0.5) is 13.2 Å². The Balaban J connectivity index is 2.28. The molecule has 0 amide bonds. The Morgan fingerprint density at radius 3 is 2.12 bits per heavy atom. The van der Waals surface area contributed by atoms with Gasteiger partial charge in [0.25, 0.3) is 0 Å². The van der Waals surface area contributed by atoms with Crippen LogP contribution < -0.4 is 0 Å². The van der Waals surface area contributed by atoms with Crippen LogP contribution in [0.2, 0.25) is 18.1 Å². The van der Waals surface area contributed by atoms with Gasteiger partial charge in [-0.15, -0.1) is 0 Å². The molecule has 1 aromatic carbocycles. The molecule has 1 aromatic heterocycles. The van der Waals surface area contributed by atoms with Crippen LogP contribution in [-0.4, -0.2) is 18.1 Å². The van der Waals surface area contributed by atoms with E-state index in [-0.39, 0.29) is 5.04 Å². The number of alkyl halides is 3. The third-order valence-electron chi connectivity index (χ3n) is 4.96. The number of aromatic nitrogens is 2. The summed E-state index contributed by atoms with van der Waals surface area (Å²) < 4.78 is 46.9. The van der Waals surface area contributed by atoms with E-state index in [0.717, 1.165) is 22.3 Å². The number of aryl methyl sites for hydroxylation is 1. The van der Waals surface area contributed by atoms with Crippen LogP contribution in [0.1, 0.15) is 32.0 Å². The second-order valence-corrected chi connectivity index (χ2v) is 13.5. The molecule has 1 heterocycles. The van der Waals surface area contributed by atoms with Crippen molar-refractivity contribution in [3.63, 3.8) is 0 Å². The SMILES string of the molecule is Cn1nc(-c2ccc(C(F)(F)F)cc2)c(Br)c1CO[Si](C)(C)C(C)(C)C. The fraction of sp³-hybridized carbons (Fsp3) is 0.500. The van der Waals surface area contributed by atoms with Crippen molar-refractivity contribution in [2.45, 2.75) is 51.7 Å². The van der Waals surface area contributed by atoms with E-state index in [9.17, 15) is 13.2 Å². The minimum absolute atomic E-state index is 0.0916. The molecule has 144 valence electrons. The first-order valence-electron chi connectivity index (χ1n) is 8.27. The molecule has 0 fully saturated rings. The van der Waals surface area contributed by atoms with Crippen LogP contribution in [-0.2, 0) is 24.3 Å². The quantitative estimate of drug-likeness (QED) is 0.506. The lowest BCUT2D eigenvalue weighted by atomic mass is 10.1. The summed E-state index contributed by atoms with van der Waals surface area (Å²) in [4.78, 5) is 0. The van der Waals surface area contributed by atoms with Gasteiger partial charge in [0, 0.05) is 12.6 Å². The second-order valence-electron chi connectivity index (χ2n) is 7.86. The van der Waals surface area contributed by atoms with E-state index in [4.69, 9.17) is 4.43 Å². The van der Waals surface area contributed by atoms with Crippen molar-refractivity contribution in [2.24, 2.45) is 7.05 Å². The first-order valence-corrected chi connectivity index (χ1v) is 12.0. The molecule has 2 aromatic rings. The highest BCUT2D eigenvalue weighted by Crippen LogP contribution is 2.38. The van der Waals surface area contributed by atoms with Gasteiger partial charge >= 0.3 is 6.18 Å². The fourth-order valence-corrected chi connectivity index (χ4v) is 3.77. The molecule has 3 nitrogen and oxygen atoms in total. The van der Waals surface area contributed by atoms with Gasteiger partial charge in [-0.05, 0) is 46.2 Å². The highest BCUT2D eigenvalue weighted by atomic mass is 79.9. The minimum atomic E-state index is -4.35. The highest BCUT2D eigenvalue weighted by Gasteiger charge is 2.37. The zero-order chi connectivity index (χ0) is 19.9. The maximum Gasteiger partial charge on any atom is 0.416 e. The average Bonchev–Trinajstić information content (AvgIpc) is 2.78. The van der Waals surface area contributed by atoms with Crippen molar-refractivity contribution >= 4 is 24.2 Å². The Kier molecular flexibility index (Phi) is 5.80. The number of hydrogen-bond donors (Lipinski definition) is 0. The van der Waals surface area contributed by atoms with Crippen LogP contribution in [0.25, 0.3) is 11.3 Å². The molecule has 0 atom stereocenters. The Bertz CT molecular complexity index is 777.